The molecule has 2 heterocycles. The van der Waals surface area contributed by atoms with Gasteiger partial charge in [-0.2, -0.15) is 13.2 Å². The number of alkyl halides is 3. The van der Waals surface area contributed by atoms with Crippen LogP contribution in [0.2, 0.25) is 0 Å². The van der Waals surface area contributed by atoms with E-state index in [1.54, 1.807) is 13.1 Å². The number of nitrogens with zero attached hydrogens (tertiary/aromatic N) is 2. The van der Waals surface area contributed by atoms with E-state index < -0.39 is 17.2 Å². The average molecular weight is 441 g/mol. The Labute approximate surface area is 180 Å². The van der Waals surface area contributed by atoms with Crippen LogP contribution >= 0.6 is 0 Å². The molecule has 6 nitrogen and oxygen atoms in total. The summed E-state index contributed by atoms with van der Waals surface area (Å²) in [5.41, 5.74) is -0.493. The second kappa shape index (κ2) is 9.46. The van der Waals surface area contributed by atoms with Crippen LogP contribution in [-0.4, -0.2) is 63.8 Å². The smallest absolute Gasteiger partial charge is 0.416 e. The van der Waals surface area contributed by atoms with Crippen molar-refractivity contribution in [2.75, 3.05) is 47.0 Å². The first-order valence-corrected chi connectivity index (χ1v) is 10.5. The minimum atomic E-state index is -4.39. The molecule has 0 saturated carbocycles. The van der Waals surface area contributed by atoms with E-state index in [-0.39, 0.29) is 17.8 Å². The van der Waals surface area contributed by atoms with Gasteiger partial charge in [0.1, 0.15) is 0 Å². The number of hydrogen-bond acceptors (Lipinski definition) is 4. The maximum Gasteiger partial charge on any atom is 0.416 e. The number of guanidine groups is 1. The Balaban J connectivity index is 1.78. The summed E-state index contributed by atoms with van der Waals surface area (Å²) < 4.78 is 50.3. The Bertz CT molecular complexity index is 807. The normalized spacial score (nSPS) is 24.2. The number of carbonyl (C=O) groups excluding carboxylic acids is 1. The summed E-state index contributed by atoms with van der Waals surface area (Å²) in [6.45, 7) is 4.55. The third-order valence-corrected chi connectivity index (χ3v) is 6.46. The lowest BCUT2D eigenvalue weighted by atomic mass is 9.73. The van der Waals surface area contributed by atoms with Crippen LogP contribution in [0.5, 0.6) is 0 Å². The van der Waals surface area contributed by atoms with Crippen LogP contribution < -0.4 is 5.32 Å². The highest BCUT2D eigenvalue weighted by Crippen LogP contribution is 2.38. The zero-order valence-corrected chi connectivity index (χ0v) is 18.2. The first kappa shape index (κ1) is 23.4. The number of nitrogens with one attached hydrogen (secondary N) is 1. The lowest BCUT2D eigenvalue weighted by molar-refractivity contribution is -0.146. The van der Waals surface area contributed by atoms with Gasteiger partial charge in [0.15, 0.2) is 5.96 Å². The van der Waals surface area contributed by atoms with Crippen molar-refractivity contribution in [3.05, 3.63) is 35.4 Å². The molecule has 0 bridgehead atoms. The maximum absolute atomic E-state index is 13.3. The molecule has 0 radical (unpaired) electrons. The fourth-order valence-corrected chi connectivity index (χ4v) is 4.53. The molecule has 0 spiro atoms. The fourth-order valence-electron chi connectivity index (χ4n) is 4.53. The minimum absolute atomic E-state index is 0.117. The summed E-state index contributed by atoms with van der Waals surface area (Å²) in [6, 6.07) is 5.58. The standard InChI is InChI=1S/C22H30F3N3O3/c1-15-12-28(13-18(15)19(29)30-3)20(26-2)27-14-21(7-9-31-10-8-21)16-5-4-6-17(11-16)22(23,24)25/h4-6,11,15,18H,7-10,12-14H2,1-3H3,(H,26,27). The molecule has 31 heavy (non-hydrogen) atoms. The van der Waals surface area contributed by atoms with Gasteiger partial charge in [-0.1, -0.05) is 25.1 Å². The second-order valence-corrected chi connectivity index (χ2v) is 8.38. The van der Waals surface area contributed by atoms with Crippen molar-refractivity contribution >= 4 is 11.9 Å². The summed E-state index contributed by atoms with van der Waals surface area (Å²) in [7, 11) is 3.05. The van der Waals surface area contributed by atoms with Crippen LogP contribution in [0, 0.1) is 11.8 Å². The average Bonchev–Trinajstić information content (AvgIpc) is 3.15. The van der Waals surface area contributed by atoms with Crippen LogP contribution in [0.3, 0.4) is 0 Å². The van der Waals surface area contributed by atoms with Crippen molar-refractivity contribution in [3.63, 3.8) is 0 Å². The van der Waals surface area contributed by atoms with E-state index >= 15 is 0 Å². The van der Waals surface area contributed by atoms with E-state index in [1.165, 1.54) is 19.2 Å². The van der Waals surface area contributed by atoms with Crippen LogP contribution in [0.1, 0.15) is 30.9 Å². The van der Waals surface area contributed by atoms with E-state index in [0.717, 1.165) is 6.07 Å². The molecule has 0 aliphatic carbocycles. The Morgan fingerprint density at radius 1 is 1.32 bits per heavy atom. The van der Waals surface area contributed by atoms with E-state index in [4.69, 9.17) is 9.47 Å². The van der Waals surface area contributed by atoms with Gasteiger partial charge in [0.05, 0.1) is 18.6 Å². The molecule has 1 N–H and O–H groups in total. The largest absolute Gasteiger partial charge is 0.469 e. The molecule has 2 fully saturated rings. The molecule has 2 unspecified atom stereocenters. The van der Waals surface area contributed by atoms with Gasteiger partial charge < -0.3 is 19.7 Å². The zero-order chi connectivity index (χ0) is 22.6. The van der Waals surface area contributed by atoms with Crippen LogP contribution in [0.4, 0.5) is 13.2 Å². The van der Waals surface area contributed by atoms with E-state index in [1.807, 2.05) is 11.8 Å². The van der Waals surface area contributed by atoms with Crippen LogP contribution in [-0.2, 0) is 25.9 Å². The van der Waals surface area contributed by atoms with E-state index in [0.29, 0.717) is 57.2 Å². The third-order valence-electron chi connectivity index (χ3n) is 6.46. The van der Waals surface area contributed by atoms with Crippen molar-refractivity contribution in [1.82, 2.24) is 10.2 Å². The third kappa shape index (κ3) is 5.14. The van der Waals surface area contributed by atoms with Crippen molar-refractivity contribution in [1.29, 1.82) is 0 Å². The molecule has 172 valence electrons. The summed E-state index contributed by atoms with van der Waals surface area (Å²) in [5.74, 6) is 0.280. The number of rotatable bonds is 4. The topological polar surface area (TPSA) is 63.2 Å². The first-order valence-electron chi connectivity index (χ1n) is 10.5. The predicted octanol–water partition coefficient (Wildman–Crippen LogP) is 3.07. The van der Waals surface area contributed by atoms with E-state index in [9.17, 15) is 18.0 Å². The maximum atomic E-state index is 13.3. The number of methoxy groups -OCH3 is 1. The quantitative estimate of drug-likeness (QED) is 0.442. The van der Waals surface area contributed by atoms with Gasteiger partial charge in [0, 0.05) is 45.3 Å². The number of benzene rings is 1. The Hall–Kier alpha value is -2.29. The lowest BCUT2D eigenvalue weighted by Crippen LogP contribution is -2.49. The predicted molar refractivity (Wildman–Crippen MR) is 111 cm³/mol. The summed E-state index contributed by atoms with van der Waals surface area (Å²) in [6.07, 6.45) is -3.17. The molecule has 2 saturated heterocycles. The number of halogens is 3. The van der Waals surface area contributed by atoms with Gasteiger partial charge in [0.25, 0.3) is 0 Å². The SMILES string of the molecule is CN=C(NCC1(c2cccc(C(F)(F)F)c2)CCOCC1)N1CC(C)C(C(=O)OC)C1. The van der Waals surface area contributed by atoms with Gasteiger partial charge in [-0.05, 0) is 30.4 Å². The number of likely N-dealkylation sites (tertiary alicyclic amines) is 1. The van der Waals surface area contributed by atoms with Gasteiger partial charge in [-0.25, -0.2) is 0 Å². The number of hydrogen-bond donors (Lipinski definition) is 1. The molecule has 0 amide bonds. The molecular weight excluding hydrogens is 411 g/mol. The molecule has 1 aromatic carbocycles. The molecule has 1 aromatic rings. The second-order valence-electron chi connectivity index (χ2n) is 8.38. The van der Waals surface area contributed by atoms with Crippen LogP contribution in [0.15, 0.2) is 29.3 Å². The molecule has 9 heteroatoms. The van der Waals surface area contributed by atoms with Crippen molar-refractivity contribution in [3.8, 4) is 0 Å². The highest BCUT2D eigenvalue weighted by atomic mass is 19.4. The molecular formula is C22H30F3N3O3. The summed E-state index contributed by atoms with van der Waals surface area (Å²) >= 11 is 0. The van der Waals surface area contributed by atoms with Gasteiger partial charge in [0.2, 0.25) is 0 Å². The Kier molecular flexibility index (Phi) is 7.13. The minimum Gasteiger partial charge on any atom is -0.469 e. The molecule has 2 aliphatic rings. The zero-order valence-electron chi connectivity index (χ0n) is 18.2. The van der Waals surface area contributed by atoms with Crippen LogP contribution in [0.25, 0.3) is 0 Å². The monoisotopic (exact) mass is 441 g/mol. The number of esters is 1. The Morgan fingerprint density at radius 3 is 2.65 bits per heavy atom. The highest BCUT2D eigenvalue weighted by molar-refractivity contribution is 5.82. The van der Waals surface area contributed by atoms with Gasteiger partial charge in [-0.3, -0.25) is 9.79 Å². The molecule has 2 atom stereocenters. The van der Waals surface area contributed by atoms with Gasteiger partial charge in [-0.15, -0.1) is 0 Å². The fraction of sp³-hybridized carbons (Fsp3) is 0.636. The highest BCUT2D eigenvalue weighted by Gasteiger charge is 2.40. The Morgan fingerprint density at radius 2 is 2.03 bits per heavy atom. The summed E-state index contributed by atoms with van der Waals surface area (Å²) in [4.78, 5) is 18.4. The lowest BCUT2D eigenvalue weighted by Gasteiger charge is -2.39. The van der Waals surface area contributed by atoms with Crippen molar-refractivity contribution in [2.45, 2.75) is 31.4 Å². The summed E-state index contributed by atoms with van der Waals surface area (Å²) in [5, 5.41) is 3.36. The number of ether oxygens (including phenoxy) is 2. The van der Waals surface area contributed by atoms with Crippen molar-refractivity contribution in [2.24, 2.45) is 16.8 Å². The van der Waals surface area contributed by atoms with E-state index in [2.05, 4.69) is 10.3 Å². The first-order chi connectivity index (χ1) is 14.7. The number of carbonyl (C=O) groups is 1. The molecule has 3 rings (SSSR count). The molecule has 2 aliphatic heterocycles. The van der Waals surface area contributed by atoms with Crippen molar-refractivity contribution < 1.29 is 27.4 Å². The number of aliphatic imine (C=N–C) groups is 1. The molecule has 0 aromatic heterocycles. The van der Waals surface area contributed by atoms with Gasteiger partial charge >= 0.3 is 12.1 Å².